The molecule has 148 valence electrons. The van der Waals surface area contributed by atoms with E-state index in [0.717, 1.165) is 11.3 Å². The molecule has 1 aliphatic rings. The molecule has 0 aliphatic carbocycles. The molecule has 0 unspecified atom stereocenters. The zero-order valence-corrected chi connectivity index (χ0v) is 17.2. The van der Waals surface area contributed by atoms with E-state index < -0.39 is 12.0 Å². The van der Waals surface area contributed by atoms with E-state index in [-0.39, 0.29) is 5.56 Å². The van der Waals surface area contributed by atoms with Gasteiger partial charge in [0.25, 0.3) is 5.56 Å². The van der Waals surface area contributed by atoms with Crippen LogP contribution in [-0.2, 0) is 9.53 Å². The van der Waals surface area contributed by atoms with Gasteiger partial charge in [0.2, 0.25) is 0 Å². The van der Waals surface area contributed by atoms with Gasteiger partial charge in [-0.05, 0) is 31.0 Å². The van der Waals surface area contributed by atoms with E-state index in [9.17, 15) is 9.59 Å². The first-order valence-corrected chi connectivity index (χ1v) is 10.1. The standard InChI is InChI=1S/C22H20N2O4S/c1-4-16-18(21(26)27-3)19(14-8-6-5-7-9-14)24-20(25)17(29-22(24)23-16)12-15-11-10-13(2)28-15/h5-12,19H,4H2,1-3H3/b17-12-/t19-/m1/s1. The summed E-state index contributed by atoms with van der Waals surface area (Å²) in [6.45, 7) is 3.79. The number of ether oxygens (including phenoxy) is 1. The van der Waals surface area contributed by atoms with Crippen molar-refractivity contribution in [1.82, 2.24) is 4.57 Å². The second kappa shape index (κ2) is 7.67. The molecule has 2 aromatic heterocycles. The first-order chi connectivity index (χ1) is 14.0. The van der Waals surface area contributed by atoms with Crippen molar-refractivity contribution in [2.24, 2.45) is 4.99 Å². The smallest absolute Gasteiger partial charge is 0.338 e. The highest BCUT2D eigenvalue weighted by Crippen LogP contribution is 2.31. The highest BCUT2D eigenvalue weighted by Gasteiger charge is 2.33. The first kappa shape index (κ1) is 19.1. The van der Waals surface area contributed by atoms with Crippen molar-refractivity contribution in [2.45, 2.75) is 26.3 Å². The maximum atomic E-state index is 13.3. The largest absolute Gasteiger partial charge is 0.466 e. The summed E-state index contributed by atoms with van der Waals surface area (Å²) in [5.41, 5.74) is 1.64. The van der Waals surface area contributed by atoms with Gasteiger partial charge in [-0.25, -0.2) is 9.79 Å². The Morgan fingerprint density at radius 1 is 1.28 bits per heavy atom. The Labute approximate surface area is 171 Å². The van der Waals surface area contributed by atoms with Gasteiger partial charge in [0.05, 0.1) is 29.0 Å². The predicted octanol–water partition coefficient (Wildman–Crippen LogP) is 2.70. The topological polar surface area (TPSA) is 73.8 Å². The molecule has 0 amide bonds. The first-order valence-electron chi connectivity index (χ1n) is 9.28. The number of thiazole rings is 1. The van der Waals surface area contributed by atoms with Gasteiger partial charge in [-0.15, -0.1) is 0 Å². The number of rotatable bonds is 4. The number of fused-ring (bicyclic) bond motifs is 1. The second-order valence-corrected chi connectivity index (χ2v) is 7.66. The van der Waals surface area contributed by atoms with Crippen molar-refractivity contribution < 1.29 is 13.9 Å². The lowest BCUT2D eigenvalue weighted by Gasteiger charge is -2.25. The summed E-state index contributed by atoms with van der Waals surface area (Å²) >= 11 is 1.29. The number of esters is 1. The lowest BCUT2D eigenvalue weighted by molar-refractivity contribution is -0.136. The molecule has 0 bridgehead atoms. The fraction of sp³-hybridized carbons (Fsp3) is 0.227. The highest BCUT2D eigenvalue weighted by atomic mass is 32.1. The van der Waals surface area contributed by atoms with Crippen LogP contribution in [0.3, 0.4) is 0 Å². The van der Waals surface area contributed by atoms with E-state index in [1.54, 1.807) is 10.6 Å². The van der Waals surface area contributed by atoms with E-state index in [0.29, 0.717) is 32.8 Å². The number of carbonyl (C=O) groups excluding carboxylic acids is 1. The summed E-state index contributed by atoms with van der Waals surface area (Å²) in [5.74, 6) is 0.898. The number of benzene rings is 1. The normalized spacial score (nSPS) is 16.5. The SMILES string of the molecule is CCC1=C(C(=O)OC)[C@@H](c2ccccc2)n2c(s/c(=C\c3ccc(C)o3)c2=O)=N1. The van der Waals surface area contributed by atoms with Crippen molar-refractivity contribution in [3.8, 4) is 0 Å². The number of nitrogens with zero attached hydrogens (tertiary/aromatic N) is 2. The van der Waals surface area contributed by atoms with Crippen LogP contribution in [-0.4, -0.2) is 17.6 Å². The molecule has 6 nitrogen and oxygen atoms in total. The average molecular weight is 408 g/mol. The van der Waals surface area contributed by atoms with Crippen molar-refractivity contribution in [2.75, 3.05) is 7.11 Å². The number of aryl methyl sites for hydroxylation is 1. The monoisotopic (exact) mass is 408 g/mol. The van der Waals surface area contributed by atoms with Gasteiger partial charge in [-0.3, -0.25) is 9.36 Å². The van der Waals surface area contributed by atoms with Crippen molar-refractivity contribution in [3.63, 3.8) is 0 Å². The highest BCUT2D eigenvalue weighted by molar-refractivity contribution is 7.07. The molecule has 0 saturated carbocycles. The second-order valence-electron chi connectivity index (χ2n) is 6.65. The molecule has 0 saturated heterocycles. The van der Waals surface area contributed by atoms with E-state index in [1.807, 2.05) is 56.3 Å². The molecular formula is C22H20N2O4S. The summed E-state index contributed by atoms with van der Waals surface area (Å²) in [6.07, 6.45) is 2.27. The molecule has 0 radical (unpaired) electrons. The third-order valence-electron chi connectivity index (χ3n) is 4.80. The Bertz CT molecular complexity index is 1280. The Morgan fingerprint density at radius 3 is 2.66 bits per heavy atom. The molecular weight excluding hydrogens is 388 g/mol. The number of allylic oxidation sites excluding steroid dienone is 1. The number of methoxy groups -OCH3 is 1. The van der Waals surface area contributed by atoms with Crippen molar-refractivity contribution in [3.05, 3.63) is 90.5 Å². The van der Waals surface area contributed by atoms with Gasteiger partial charge in [0, 0.05) is 6.08 Å². The molecule has 1 atom stereocenters. The fourth-order valence-electron chi connectivity index (χ4n) is 3.48. The number of hydrogen-bond acceptors (Lipinski definition) is 6. The van der Waals surface area contributed by atoms with Crippen LogP contribution in [0, 0.1) is 6.92 Å². The van der Waals surface area contributed by atoms with Crippen LogP contribution in [0.25, 0.3) is 6.08 Å². The van der Waals surface area contributed by atoms with Crippen LogP contribution < -0.4 is 14.9 Å². The van der Waals surface area contributed by atoms with Crippen LogP contribution in [0.1, 0.15) is 36.5 Å². The van der Waals surface area contributed by atoms with Gasteiger partial charge >= 0.3 is 5.97 Å². The minimum atomic E-state index is -0.588. The van der Waals surface area contributed by atoms with E-state index in [4.69, 9.17) is 9.15 Å². The Morgan fingerprint density at radius 2 is 2.03 bits per heavy atom. The molecule has 29 heavy (non-hydrogen) atoms. The zero-order valence-electron chi connectivity index (χ0n) is 16.3. The Kier molecular flexibility index (Phi) is 5.07. The van der Waals surface area contributed by atoms with Gasteiger partial charge in [0.15, 0.2) is 4.80 Å². The van der Waals surface area contributed by atoms with Crippen LogP contribution in [0.4, 0.5) is 0 Å². The van der Waals surface area contributed by atoms with Crippen LogP contribution in [0.15, 0.2) is 67.9 Å². The summed E-state index contributed by atoms with van der Waals surface area (Å²) < 4.78 is 12.7. The third-order valence-corrected chi connectivity index (χ3v) is 5.78. The lowest BCUT2D eigenvalue weighted by Crippen LogP contribution is -2.40. The number of hydrogen-bond donors (Lipinski definition) is 0. The summed E-state index contributed by atoms with van der Waals surface area (Å²) in [6, 6.07) is 12.6. The number of aromatic nitrogens is 1. The summed E-state index contributed by atoms with van der Waals surface area (Å²) in [7, 11) is 1.34. The molecule has 1 aromatic carbocycles. The predicted molar refractivity (Wildman–Crippen MR) is 110 cm³/mol. The maximum absolute atomic E-state index is 13.3. The molecule has 4 rings (SSSR count). The van der Waals surface area contributed by atoms with Crippen LogP contribution in [0.2, 0.25) is 0 Å². The number of furan rings is 1. The third kappa shape index (κ3) is 3.38. The van der Waals surface area contributed by atoms with Crippen LogP contribution in [0.5, 0.6) is 0 Å². The Balaban J connectivity index is 2.01. The molecule has 3 aromatic rings. The van der Waals surface area contributed by atoms with E-state index >= 15 is 0 Å². The fourth-order valence-corrected chi connectivity index (χ4v) is 4.48. The van der Waals surface area contributed by atoms with Crippen molar-refractivity contribution in [1.29, 1.82) is 0 Å². The van der Waals surface area contributed by atoms with Gasteiger partial charge in [-0.1, -0.05) is 48.6 Å². The molecule has 0 fully saturated rings. The average Bonchev–Trinajstić information content (AvgIpc) is 3.29. The Hall–Kier alpha value is -3.19. The molecule has 3 heterocycles. The van der Waals surface area contributed by atoms with Crippen molar-refractivity contribution >= 4 is 23.4 Å². The van der Waals surface area contributed by atoms with Gasteiger partial charge < -0.3 is 9.15 Å². The van der Waals surface area contributed by atoms with E-state index in [1.165, 1.54) is 18.4 Å². The van der Waals surface area contributed by atoms with Gasteiger partial charge in [0.1, 0.15) is 11.5 Å². The number of carbonyl (C=O) groups is 1. The zero-order chi connectivity index (χ0) is 20.5. The molecule has 0 spiro atoms. The minimum absolute atomic E-state index is 0.215. The lowest BCUT2D eigenvalue weighted by atomic mass is 9.95. The summed E-state index contributed by atoms with van der Waals surface area (Å²) in [5, 5.41) is 0. The summed E-state index contributed by atoms with van der Waals surface area (Å²) in [4.78, 5) is 31.2. The molecule has 0 N–H and O–H groups in total. The minimum Gasteiger partial charge on any atom is -0.466 e. The quantitative estimate of drug-likeness (QED) is 0.622. The molecule has 1 aliphatic heterocycles. The molecule has 7 heteroatoms. The van der Waals surface area contributed by atoms with Crippen LogP contribution >= 0.6 is 11.3 Å². The maximum Gasteiger partial charge on any atom is 0.338 e. The van der Waals surface area contributed by atoms with Gasteiger partial charge in [-0.2, -0.15) is 0 Å². The van der Waals surface area contributed by atoms with E-state index in [2.05, 4.69) is 4.99 Å².